The Kier molecular flexibility index (Phi) is 6.09. The zero-order valence-corrected chi connectivity index (χ0v) is 22.3. The minimum Gasteiger partial charge on any atom is -0.393 e. The quantitative estimate of drug-likeness (QED) is 0.442. The third-order valence-electron chi connectivity index (χ3n) is 12.0. The van der Waals surface area contributed by atoms with Gasteiger partial charge in [-0.3, -0.25) is 4.79 Å². The molecule has 0 amide bonds. The number of hydrogen-bond donors (Lipinski definition) is 1. The van der Waals surface area contributed by atoms with Crippen molar-refractivity contribution in [1.29, 1.82) is 0 Å². The minimum absolute atomic E-state index is 0.0167. The van der Waals surface area contributed by atoms with E-state index in [0.29, 0.717) is 28.4 Å². The van der Waals surface area contributed by atoms with Crippen LogP contribution in [0.4, 0.5) is 0 Å². The SMILES string of the molecule is CC(C)C(=O)CC[C@@H](C)[C@@H]1CC[C@]2(C)C3=C(CC[C@@]12C)[C@@]1(C)CC[C@H](O)C(C)(C)[C@@H]1CC3. The molecule has 0 aromatic heterocycles. The first-order valence-electron chi connectivity index (χ1n) is 13.7. The number of allylic oxidation sites excluding steroid dienone is 2. The first kappa shape index (κ1) is 24.5. The molecule has 4 aliphatic carbocycles. The molecule has 4 aliphatic rings. The summed E-state index contributed by atoms with van der Waals surface area (Å²) in [4.78, 5) is 12.3. The van der Waals surface area contributed by atoms with Crippen LogP contribution in [0.1, 0.15) is 120 Å². The van der Waals surface area contributed by atoms with Crippen LogP contribution in [0.25, 0.3) is 0 Å². The summed E-state index contributed by atoms with van der Waals surface area (Å²) in [5.41, 5.74) is 4.59. The van der Waals surface area contributed by atoms with Gasteiger partial charge in [0.2, 0.25) is 0 Å². The summed E-state index contributed by atoms with van der Waals surface area (Å²) in [6.45, 7) is 18.9. The highest BCUT2D eigenvalue weighted by Crippen LogP contribution is 2.72. The van der Waals surface area contributed by atoms with E-state index in [1.54, 1.807) is 5.57 Å². The Balaban J connectivity index is 1.62. The van der Waals surface area contributed by atoms with Gasteiger partial charge < -0.3 is 5.11 Å². The van der Waals surface area contributed by atoms with Crippen LogP contribution in [0.5, 0.6) is 0 Å². The van der Waals surface area contributed by atoms with Gasteiger partial charge in [-0.05, 0) is 97.2 Å². The first-order valence-corrected chi connectivity index (χ1v) is 13.7. The largest absolute Gasteiger partial charge is 0.393 e. The number of Topliss-reactive ketones (excluding diaryl/α,β-unsaturated/α-hetero) is 1. The van der Waals surface area contributed by atoms with Crippen molar-refractivity contribution in [3.8, 4) is 0 Å². The first-order chi connectivity index (χ1) is 14.8. The molecule has 0 heterocycles. The van der Waals surface area contributed by atoms with E-state index in [0.717, 1.165) is 31.6 Å². The van der Waals surface area contributed by atoms with Crippen molar-refractivity contribution < 1.29 is 9.90 Å². The summed E-state index contributed by atoms with van der Waals surface area (Å²) < 4.78 is 0. The molecule has 0 aromatic carbocycles. The van der Waals surface area contributed by atoms with E-state index in [-0.39, 0.29) is 22.9 Å². The lowest BCUT2D eigenvalue weighted by molar-refractivity contribution is -0.122. The molecule has 2 nitrogen and oxygen atoms in total. The van der Waals surface area contributed by atoms with Crippen LogP contribution in [-0.2, 0) is 4.79 Å². The second-order valence-corrected chi connectivity index (χ2v) is 13.9. The molecule has 0 saturated heterocycles. The van der Waals surface area contributed by atoms with Gasteiger partial charge in [-0.1, -0.05) is 66.5 Å². The average Bonchev–Trinajstić information content (AvgIpc) is 3.00. The number of hydrogen-bond acceptors (Lipinski definition) is 2. The number of aliphatic hydroxyl groups is 1. The van der Waals surface area contributed by atoms with Gasteiger partial charge in [0.1, 0.15) is 5.78 Å². The Hall–Kier alpha value is -0.630. The van der Waals surface area contributed by atoms with Crippen molar-refractivity contribution in [3.05, 3.63) is 11.1 Å². The van der Waals surface area contributed by atoms with Crippen molar-refractivity contribution in [3.63, 3.8) is 0 Å². The van der Waals surface area contributed by atoms with E-state index in [4.69, 9.17) is 0 Å². The molecule has 4 rings (SSSR count). The smallest absolute Gasteiger partial charge is 0.135 e. The monoisotopic (exact) mass is 442 g/mol. The van der Waals surface area contributed by atoms with E-state index in [9.17, 15) is 9.90 Å². The Bertz CT molecular complexity index is 791. The topological polar surface area (TPSA) is 37.3 Å². The van der Waals surface area contributed by atoms with Crippen LogP contribution < -0.4 is 0 Å². The van der Waals surface area contributed by atoms with Crippen LogP contribution in [0.15, 0.2) is 11.1 Å². The number of rotatable bonds is 5. The van der Waals surface area contributed by atoms with Gasteiger partial charge >= 0.3 is 0 Å². The minimum atomic E-state index is -0.155. The highest BCUT2D eigenvalue weighted by atomic mass is 16.3. The molecular formula is C30H50O2. The Labute approximate surface area is 198 Å². The molecule has 0 aromatic rings. The molecule has 32 heavy (non-hydrogen) atoms. The zero-order chi connectivity index (χ0) is 23.7. The predicted molar refractivity (Wildman–Crippen MR) is 133 cm³/mol. The second kappa shape index (κ2) is 7.96. The molecule has 0 unspecified atom stereocenters. The lowest BCUT2D eigenvalue weighted by atomic mass is 9.43. The Morgan fingerprint density at radius 1 is 0.938 bits per heavy atom. The normalized spacial score (nSPS) is 44.1. The van der Waals surface area contributed by atoms with E-state index in [2.05, 4.69) is 41.5 Å². The van der Waals surface area contributed by atoms with Gasteiger partial charge in [-0.25, -0.2) is 0 Å². The highest BCUT2D eigenvalue weighted by molar-refractivity contribution is 5.80. The number of ketones is 1. The molecule has 0 aliphatic heterocycles. The van der Waals surface area contributed by atoms with Crippen molar-refractivity contribution in [2.45, 2.75) is 126 Å². The highest BCUT2D eigenvalue weighted by Gasteiger charge is 2.63. The summed E-state index contributed by atoms with van der Waals surface area (Å²) in [5, 5.41) is 10.8. The van der Waals surface area contributed by atoms with E-state index in [1.165, 1.54) is 38.5 Å². The summed E-state index contributed by atoms with van der Waals surface area (Å²) in [6.07, 6.45) is 11.5. The van der Waals surface area contributed by atoms with Crippen molar-refractivity contribution >= 4 is 5.78 Å². The lowest BCUT2D eigenvalue weighted by Crippen LogP contribution is -2.55. The molecule has 0 spiro atoms. The van der Waals surface area contributed by atoms with Gasteiger partial charge in [0.25, 0.3) is 0 Å². The fourth-order valence-electron chi connectivity index (χ4n) is 9.49. The maximum atomic E-state index is 12.3. The summed E-state index contributed by atoms with van der Waals surface area (Å²) in [5.74, 6) is 2.57. The maximum Gasteiger partial charge on any atom is 0.135 e. The van der Waals surface area contributed by atoms with Crippen molar-refractivity contribution in [1.82, 2.24) is 0 Å². The fourth-order valence-corrected chi connectivity index (χ4v) is 9.49. The van der Waals surface area contributed by atoms with E-state index >= 15 is 0 Å². The third kappa shape index (κ3) is 3.32. The van der Waals surface area contributed by atoms with Crippen LogP contribution in [0, 0.1) is 45.3 Å². The summed E-state index contributed by atoms with van der Waals surface area (Å²) >= 11 is 0. The molecule has 2 fully saturated rings. The number of carbonyl (C=O) groups is 1. The molecule has 0 bridgehead atoms. The van der Waals surface area contributed by atoms with E-state index < -0.39 is 0 Å². The summed E-state index contributed by atoms with van der Waals surface area (Å²) in [7, 11) is 0. The molecule has 0 radical (unpaired) electrons. The molecule has 2 saturated carbocycles. The fraction of sp³-hybridized carbons (Fsp3) is 0.900. The number of aliphatic hydroxyl groups excluding tert-OH is 1. The predicted octanol–water partition coefficient (Wildman–Crippen LogP) is 7.74. The number of carbonyl (C=O) groups excluding carboxylic acids is 1. The molecule has 2 heteroatoms. The van der Waals surface area contributed by atoms with Gasteiger partial charge in [-0.2, -0.15) is 0 Å². The molecular weight excluding hydrogens is 392 g/mol. The molecule has 1 N–H and O–H groups in total. The van der Waals surface area contributed by atoms with E-state index in [1.807, 2.05) is 19.4 Å². The van der Waals surface area contributed by atoms with Gasteiger partial charge in [0.05, 0.1) is 6.10 Å². The molecule has 182 valence electrons. The van der Waals surface area contributed by atoms with Crippen LogP contribution in [-0.4, -0.2) is 17.0 Å². The standard InChI is InChI=1S/C30H50O2/c1-19(2)24(31)11-9-20(3)21-13-17-30(8)23-10-12-25-27(4,5)26(32)15-16-28(25,6)22(23)14-18-29(21,30)7/h19-21,25-26,32H,9-18H2,1-8H3/t20-,21+,25+,26+,28-,29+,30-/m1/s1. The Morgan fingerprint density at radius 2 is 1.62 bits per heavy atom. The second-order valence-electron chi connectivity index (χ2n) is 13.9. The van der Waals surface area contributed by atoms with Gasteiger partial charge in [0, 0.05) is 12.3 Å². The van der Waals surface area contributed by atoms with Gasteiger partial charge in [-0.15, -0.1) is 0 Å². The molecule has 7 atom stereocenters. The van der Waals surface area contributed by atoms with Gasteiger partial charge in [0.15, 0.2) is 0 Å². The van der Waals surface area contributed by atoms with Crippen molar-refractivity contribution in [2.24, 2.45) is 45.3 Å². The third-order valence-corrected chi connectivity index (χ3v) is 12.0. The van der Waals surface area contributed by atoms with Crippen LogP contribution in [0.3, 0.4) is 0 Å². The van der Waals surface area contributed by atoms with Crippen molar-refractivity contribution in [2.75, 3.05) is 0 Å². The van der Waals surface area contributed by atoms with Crippen LogP contribution in [0.2, 0.25) is 0 Å². The maximum absolute atomic E-state index is 12.3. The zero-order valence-electron chi connectivity index (χ0n) is 22.3. The lowest BCUT2D eigenvalue weighted by Gasteiger charge is -2.62. The average molecular weight is 443 g/mol. The Morgan fingerprint density at radius 3 is 2.28 bits per heavy atom. The van der Waals surface area contributed by atoms with Crippen LogP contribution >= 0.6 is 0 Å². The summed E-state index contributed by atoms with van der Waals surface area (Å²) in [6, 6.07) is 0. The number of fused-ring (bicyclic) bond motifs is 4.